The molecule has 0 atom stereocenters. The Bertz CT molecular complexity index is 1100. The third-order valence-corrected chi connectivity index (χ3v) is 5.06. The van der Waals surface area contributed by atoms with Gasteiger partial charge in [-0.25, -0.2) is 0 Å². The lowest BCUT2D eigenvalue weighted by molar-refractivity contribution is 0.311. The van der Waals surface area contributed by atoms with Gasteiger partial charge >= 0.3 is 0 Å². The average molecular weight is 423 g/mol. The van der Waals surface area contributed by atoms with Gasteiger partial charge in [0.1, 0.15) is 0 Å². The average Bonchev–Trinajstić information content (AvgIpc) is 3.31. The van der Waals surface area contributed by atoms with Crippen LogP contribution in [0.15, 0.2) is 85.2 Å². The van der Waals surface area contributed by atoms with Gasteiger partial charge in [-0.2, -0.15) is 0 Å². The van der Waals surface area contributed by atoms with E-state index in [2.05, 4.69) is 128 Å². The van der Waals surface area contributed by atoms with Crippen molar-refractivity contribution in [3.05, 3.63) is 102 Å². The lowest BCUT2D eigenvalue weighted by atomic mass is 9.98. The van der Waals surface area contributed by atoms with Crippen molar-refractivity contribution >= 4 is 12.2 Å². The Morgan fingerprint density at radius 2 is 1.59 bits per heavy atom. The highest BCUT2D eigenvalue weighted by Crippen LogP contribution is 2.15. The molecule has 0 unspecified atom stereocenters. The normalized spacial score (nSPS) is 11.9. The van der Waals surface area contributed by atoms with Crippen molar-refractivity contribution in [2.24, 2.45) is 5.41 Å². The molecule has 0 amide bonds. The van der Waals surface area contributed by atoms with Gasteiger partial charge in [-0.3, -0.25) is 4.90 Å². The summed E-state index contributed by atoms with van der Waals surface area (Å²) >= 11 is 0. The fourth-order valence-corrected chi connectivity index (χ4v) is 3.37. The van der Waals surface area contributed by atoms with Crippen molar-refractivity contribution in [2.45, 2.75) is 34.2 Å². The van der Waals surface area contributed by atoms with Gasteiger partial charge in [-0.05, 0) is 74.3 Å². The summed E-state index contributed by atoms with van der Waals surface area (Å²) in [7, 11) is 0. The molecule has 0 saturated carbocycles. The molecule has 1 aromatic heterocycles. The molecule has 0 radical (unpaired) electrons. The van der Waals surface area contributed by atoms with Gasteiger partial charge in [0.05, 0.1) is 0 Å². The fraction of sp³-hybridized carbons (Fsp3) is 0.267. The van der Waals surface area contributed by atoms with Gasteiger partial charge < -0.3 is 4.57 Å². The van der Waals surface area contributed by atoms with Crippen LogP contribution in [0, 0.1) is 17.3 Å². The second kappa shape index (κ2) is 11.4. The molecular formula is C30H34N2. The summed E-state index contributed by atoms with van der Waals surface area (Å²) in [5.74, 6) is 6.40. The van der Waals surface area contributed by atoms with Gasteiger partial charge in [-0.1, -0.05) is 73.4 Å². The van der Waals surface area contributed by atoms with Crippen molar-refractivity contribution in [2.75, 3.05) is 13.1 Å². The first-order valence-electron chi connectivity index (χ1n) is 11.3. The first kappa shape index (κ1) is 23.4. The highest BCUT2D eigenvalue weighted by Gasteiger charge is 2.04. The molecule has 0 aliphatic rings. The zero-order valence-corrected chi connectivity index (χ0v) is 19.8. The number of allylic oxidation sites excluding steroid dienone is 1. The zero-order chi connectivity index (χ0) is 22.8. The number of aromatic nitrogens is 1. The maximum absolute atomic E-state index is 3.25. The molecule has 164 valence electrons. The molecule has 0 N–H and O–H groups in total. The minimum Gasteiger partial charge on any atom is -0.324 e. The van der Waals surface area contributed by atoms with Gasteiger partial charge in [0.2, 0.25) is 0 Å². The lowest BCUT2D eigenvalue weighted by Crippen LogP contribution is -2.22. The van der Waals surface area contributed by atoms with Crippen LogP contribution in [0.1, 0.15) is 44.4 Å². The van der Waals surface area contributed by atoms with Crippen molar-refractivity contribution in [3.8, 4) is 17.5 Å². The van der Waals surface area contributed by atoms with Gasteiger partial charge in [0.25, 0.3) is 0 Å². The molecule has 2 heteroatoms. The van der Waals surface area contributed by atoms with E-state index in [0.29, 0.717) is 0 Å². The molecule has 2 aromatic carbocycles. The van der Waals surface area contributed by atoms with Crippen LogP contribution < -0.4 is 0 Å². The Morgan fingerprint density at radius 3 is 2.28 bits per heavy atom. The van der Waals surface area contributed by atoms with Gasteiger partial charge in [0.15, 0.2) is 0 Å². The van der Waals surface area contributed by atoms with E-state index < -0.39 is 0 Å². The van der Waals surface area contributed by atoms with Crippen LogP contribution >= 0.6 is 0 Å². The number of nitrogens with zero attached hydrogens (tertiary/aromatic N) is 2. The van der Waals surface area contributed by atoms with E-state index in [1.165, 1.54) is 22.4 Å². The molecule has 3 rings (SSSR count). The zero-order valence-electron chi connectivity index (χ0n) is 19.8. The third-order valence-electron chi connectivity index (χ3n) is 5.06. The molecule has 3 aromatic rings. The largest absolute Gasteiger partial charge is 0.324 e. The SMILES string of the molecule is CCN(C/C=C/C#CC(C)(C)C)Cc1cccc(/C=C/c2cccc(-n3cccc3)c2)c1. The van der Waals surface area contributed by atoms with E-state index in [1.54, 1.807) is 0 Å². The molecule has 0 fully saturated rings. The van der Waals surface area contributed by atoms with Crippen molar-refractivity contribution in [1.82, 2.24) is 9.47 Å². The molecule has 0 aliphatic heterocycles. The van der Waals surface area contributed by atoms with Crippen LogP contribution in [0.25, 0.3) is 17.8 Å². The van der Waals surface area contributed by atoms with Crippen LogP contribution in [0.2, 0.25) is 0 Å². The minimum absolute atomic E-state index is 0.0479. The fourth-order valence-electron chi connectivity index (χ4n) is 3.37. The van der Waals surface area contributed by atoms with Crippen LogP contribution in [0.3, 0.4) is 0 Å². The summed E-state index contributed by atoms with van der Waals surface area (Å²) in [4.78, 5) is 2.42. The van der Waals surface area contributed by atoms with E-state index in [-0.39, 0.29) is 5.41 Å². The second-order valence-electron chi connectivity index (χ2n) is 9.01. The van der Waals surface area contributed by atoms with Gasteiger partial charge in [-0.15, -0.1) is 0 Å². The highest BCUT2D eigenvalue weighted by molar-refractivity contribution is 5.70. The molecule has 0 spiro atoms. The molecule has 1 heterocycles. The quantitative estimate of drug-likeness (QED) is 0.278. The van der Waals surface area contributed by atoms with Crippen LogP contribution in [-0.4, -0.2) is 22.6 Å². The Hall–Kier alpha value is -3.28. The Labute approximate surface area is 193 Å². The minimum atomic E-state index is 0.0479. The number of hydrogen-bond donors (Lipinski definition) is 0. The summed E-state index contributed by atoms with van der Waals surface area (Å²) in [6.07, 6.45) is 12.6. The monoisotopic (exact) mass is 422 g/mol. The van der Waals surface area contributed by atoms with E-state index in [4.69, 9.17) is 0 Å². The maximum atomic E-state index is 3.25. The molecule has 0 saturated heterocycles. The van der Waals surface area contributed by atoms with Crippen molar-refractivity contribution in [1.29, 1.82) is 0 Å². The smallest absolute Gasteiger partial charge is 0.0455 e. The number of benzene rings is 2. The third kappa shape index (κ3) is 7.76. The molecule has 0 bridgehead atoms. The predicted octanol–water partition coefficient (Wildman–Crippen LogP) is 7.08. The number of hydrogen-bond acceptors (Lipinski definition) is 1. The van der Waals surface area contributed by atoms with Crippen molar-refractivity contribution in [3.63, 3.8) is 0 Å². The van der Waals surface area contributed by atoms with Gasteiger partial charge in [0, 0.05) is 36.6 Å². The highest BCUT2D eigenvalue weighted by atomic mass is 15.1. The van der Waals surface area contributed by atoms with E-state index in [1.807, 2.05) is 18.2 Å². The summed E-state index contributed by atoms with van der Waals surface area (Å²) in [6, 6.07) is 21.4. The van der Waals surface area contributed by atoms with Crippen molar-refractivity contribution < 1.29 is 0 Å². The Kier molecular flexibility index (Phi) is 8.31. The molecule has 0 aliphatic carbocycles. The Balaban J connectivity index is 1.63. The molecular weight excluding hydrogens is 388 g/mol. The topological polar surface area (TPSA) is 8.17 Å². The maximum Gasteiger partial charge on any atom is 0.0455 e. The summed E-state index contributed by atoms with van der Waals surface area (Å²) in [5, 5.41) is 0. The van der Waals surface area contributed by atoms with Crippen LogP contribution in [0.5, 0.6) is 0 Å². The van der Waals surface area contributed by atoms with E-state index >= 15 is 0 Å². The molecule has 32 heavy (non-hydrogen) atoms. The predicted molar refractivity (Wildman–Crippen MR) is 138 cm³/mol. The summed E-state index contributed by atoms with van der Waals surface area (Å²) in [6.45, 7) is 11.4. The number of likely N-dealkylation sites (N-methyl/N-ethyl adjacent to an activating group) is 1. The molecule has 2 nitrogen and oxygen atoms in total. The Morgan fingerprint density at radius 1 is 0.906 bits per heavy atom. The first-order chi connectivity index (χ1) is 15.4. The number of rotatable bonds is 8. The summed E-state index contributed by atoms with van der Waals surface area (Å²) < 4.78 is 2.13. The second-order valence-corrected chi connectivity index (χ2v) is 9.01. The van der Waals surface area contributed by atoms with Crippen LogP contribution in [-0.2, 0) is 6.54 Å². The van der Waals surface area contributed by atoms with Crippen LogP contribution in [0.4, 0.5) is 0 Å². The summed E-state index contributed by atoms with van der Waals surface area (Å²) in [5.41, 5.74) is 4.95. The standard InChI is InChI=1S/C30H34N2/c1-5-31(20-8-6-7-19-30(2,3)4)25-28-15-11-13-26(23-28)17-18-27-14-12-16-29(24-27)32-21-9-10-22-32/h6,8-18,21-24H,5,20,25H2,1-4H3/b8-6+,18-17+. The first-order valence-corrected chi connectivity index (χ1v) is 11.3. The van der Waals surface area contributed by atoms with E-state index in [9.17, 15) is 0 Å². The van der Waals surface area contributed by atoms with E-state index in [0.717, 1.165) is 19.6 Å². The lowest BCUT2D eigenvalue weighted by Gasteiger charge is -2.18.